The van der Waals surface area contributed by atoms with Crippen LogP contribution in [-0.2, 0) is 0 Å². The lowest BCUT2D eigenvalue weighted by atomic mass is 10.1. The monoisotopic (exact) mass is 282 g/mol. The molecule has 0 saturated heterocycles. The van der Waals surface area contributed by atoms with Crippen molar-refractivity contribution < 1.29 is 18.3 Å². The van der Waals surface area contributed by atoms with Crippen molar-refractivity contribution in [2.24, 2.45) is 0 Å². The largest absolute Gasteiger partial charge is 0.433 e. The van der Waals surface area contributed by atoms with Crippen molar-refractivity contribution in [2.75, 3.05) is 5.32 Å². The first-order valence-corrected chi connectivity index (χ1v) is 6.11. The molecule has 108 valence electrons. The Morgan fingerprint density at radius 3 is 2.75 bits per heavy atom. The average Bonchev–Trinajstić information content (AvgIpc) is 2.40. The van der Waals surface area contributed by atoms with Crippen LogP contribution in [0.25, 0.3) is 0 Å². The molecule has 0 radical (unpaired) electrons. The Balaban J connectivity index is 2.68. The van der Waals surface area contributed by atoms with E-state index >= 15 is 0 Å². The number of nitrogens with one attached hydrogen (secondary N) is 2. The molecule has 4 nitrogen and oxygen atoms in total. The number of anilines is 1. The minimum absolute atomic E-state index is 0.0948. The van der Waals surface area contributed by atoms with Gasteiger partial charge in [-0.2, -0.15) is 8.78 Å². The van der Waals surface area contributed by atoms with E-state index in [4.69, 9.17) is 6.42 Å². The maximum atomic E-state index is 12.2. The molecule has 1 aromatic rings. The third-order valence-corrected chi connectivity index (χ3v) is 2.54. The number of benzene rings is 1. The highest BCUT2D eigenvalue weighted by molar-refractivity contribution is 5.91. The van der Waals surface area contributed by atoms with Gasteiger partial charge in [-0.05, 0) is 18.6 Å². The fourth-order valence-electron chi connectivity index (χ4n) is 1.55. The molecule has 0 aromatic heterocycles. The van der Waals surface area contributed by atoms with Gasteiger partial charge in [0.15, 0.2) is 0 Å². The Hall–Kier alpha value is -2.29. The molecule has 1 aromatic carbocycles. The summed E-state index contributed by atoms with van der Waals surface area (Å²) in [4.78, 5) is 11.8. The van der Waals surface area contributed by atoms with E-state index in [1.807, 2.05) is 6.92 Å². The second kappa shape index (κ2) is 8.00. The summed E-state index contributed by atoms with van der Waals surface area (Å²) < 4.78 is 28.8. The van der Waals surface area contributed by atoms with Gasteiger partial charge in [-0.25, -0.2) is 4.79 Å². The Kier molecular flexibility index (Phi) is 6.30. The van der Waals surface area contributed by atoms with Crippen molar-refractivity contribution in [3.8, 4) is 18.1 Å². The molecule has 0 aliphatic rings. The maximum absolute atomic E-state index is 12.2. The molecule has 0 fully saturated rings. The number of terminal acetylenes is 1. The molecule has 0 aliphatic carbocycles. The summed E-state index contributed by atoms with van der Waals surface area (Å²) in [5, 5.41) is 5.12. The molecular weight excluding hydrogens is 266 g/mol. The van der Waals surface area contributed by atoms with E-state index in [0.717, 1.165) is 0 Å². The van der Waals surface area contributed by atoms with Gasteiger partial charge in [0.05, 0.1) is 5.69 Å². The molecule has 6 heteroatoms. The van der Waals surface area contributed by atoms with Crippen LogP contribution in [0.15, 0.2) is 24.3 Å². The van der Waals surface area contributed by atoms with Crippen LogP contribution in [-0.4, -0.2) is 18.7 Å². The van der Waals surface area contributed by atoms with Gasteiger partial charge in [0.1, 0.15) is 5.75 Å². The van der Waals surface area contributed by atoms with Gasteiger partial charge < -0.3 is 15.4 Å². The van der Waals surface area contributed by atoms with E-state index in [1.165, 1.54) is 18.2 Å². The van der Waals surface area contributed by atoms with Gasteiger partial charge >= 0.3 is 12.6 Å². The second-order valence-corrected chi connectivity index (χ2v) is 3.99. The van der Waals surface area contributed by atoms with Crippen molar-refractivity contribution in [3.63, 3.8) is 0 Å². The summed E-state index contributed by atoms with van der Waals surface area (Å²) in [7, 11) is 0. The Morgan fingerprint density at radius 2 is 2.15 bits per heavy atom. The molecule has 0 saturated carbocycles. The Labute approximate surface area is 116 Å². The summed E-state index contributed by atoms with van der Waals surface area (Å²) in [6.07, 6.45) is 6.26. The van der Waals surface area contributed by atoms with Crippen molar-refractivity contribution in [1.29, 1.82) is 0 Å². The van der Waals surface area contributed by atoms with E-state index in [1.54, 1.807) is 6.07 Å². The molecule has 1 rings (SSSR count). The van der Waals surface area contributed by atoms with Crippen LogP contribution in [0, 0.1) is 12.3 Å². The lowest BCUT2D eigenvalue weighted by Crippen LogP contribution is -2.37. The van der Waals surface area contributed by atoms with Crippen LogP contribution in [0.3, 0.4) is 0 Å². The van der Waals surface area contributed by atoms with Crippen LogP contribution in [0.2, 0.25) is 0 Å². The molecule has 2 N–H and O–H groups in total. The molecule has 0 aliphatic heterocycles. The molecule has 0 spiro atoms. The minimum Gasteiger partial charge on any atom is -0.433 e. The number of ether oxygens (including phenoxy) is 1. The number of carbonyl (C=O) groups excluding carboxylic acids is 1. The molecule has 0 bridgehead atoms. The lowest BCUT2D eigenvalue weighted by Gasteiger charge is -2.16. The van der Waals surface area contributed by atoms with Crippen LogP contribution < -0.4 is 15.4 Å². The number of urea groups is 1. The summed E-state index contributed by atoms with van der Waals surface area (Å²) in [6, 6.07) is 5.28. The van der Waals surface area contributed by atoms with Gasteiger partial charge in [-0.15, -0.1) is 12.3 Å². The van der Waals surface area contributed by atoms with Crippen molar-refractivity contribution in [3.05, 3.63) is 24.3 Å². The number of halogens is 2. The number of carbonyl (C=O) groups is 1. The fraction of sp³-hybridized carbons (Fsp3) is 0.357. The van der Waals surface area contributed by atoms with Crippen LogP contribution >= 0.6 is 0 Å². The summed E-state index contributed by atoms with van der Waals surface area (Å²) in [5.41, 5.74) is 0.167. The van der Waals surface area contributed by atoms with E-state index in [-0.39, 0.29) is 17.5 Å². The first-order valence-electron chi connectivity index (χ1n) is 6.11. The number of hydrogen-bond acceptors (Lipinski definition) is 2. The Morgan fingerprint density at radius 1 is 1.45 bits per heavy atom. The molecule has 20 heavy (non-hydrogen) atoms. The van der Waals surface area contributed by atoms with Crippen LogP contribution in [0.1, 0.15) is 19.8 Å². The molecule has 1 unspecified atom stereocenters. The fourth-order valence-corrected chi connectivity index (χ4v) is 1.55. The highest BCUT2D eigenvalue weighted by Crippen LogP contribution is 2.25. The van der Waals surface area contributed by atoms with E-state index in [0.29, 0.717) is 12.8 Å². The topological polar surface area (TPSA) is 50.4 Å². The zero-order chi connectivity index (χ0) is 15.0. The predicted octanol–water partition coefficient (Wildman–Crippen LogP) is 3.21. The SMILES string of the molecule is C#CCC(CC)NC(=O)Nc1ccccc1OC(F)F. The van der Waals surface area contributed by atoms with Crippen molar-refractivity contribution in [2.45, 2.75) is 32.4 Å². The van der Waals surface area contributed by atoms with E-state index in [2.05, 4.69) is 21.3 Å². The third kappa shape index (κ3) is 5.14. The summed E-state index contributed by atoms with van der Waals surface area (Å²) in [5.74, 6) is 2.36. The van der Waals surface area contributed by atoms with Crippen LogP contribution in [0.5, 0.6) is 5.75 Å². The average molecular weight is 282 g/mol. The number of para-hydroxylation sites is 2. The number of rotatable bonds is 6. The highest BCUT2D eigenvalue weighted by atomic mass is 19.3. The molecule has 1 atom stereocenters. The standard InChI is InChI=1S/C14H16F2N2O2/c1-3-7-10(4-2)17-14(19)18-11-8-5-6-9-12(11)20-13(15)16/h1,5-6,8-10,13H,4,7H2,2H3,(H2,17,18,19). The van der Waals surface area contributed by atoms with Gasteiger partial charge in [-0.3, -0.25) is 0 Å². The second-order valence-electron chi connectivity index (χ2n) is 3.99. The molecule has 2 amide bonds. The zero-order valence-electron chi connectivity index (χ0n) is 11.0. The smallest absolute Gasteiger partial charge is 0.387 e. The van der Waals surface area contributed by atoms with Gasteiger partial charge in [-0.1, -0.05) is 19.1 Å². The summed E-state index contributed by atoms with van der Waals surface area (Å²) >= 11 is 0. The molecule has 0 heterocycles. The zero-order valence-corrected chi connectivity index (χ0v) is 11.0. The highest BCUT2D eigenvalue weighted by Gasteiger charge is 2.13. The van der Waals surface area contributed by atoms with Crippen molar-refractivity contribution >= 4 is 11.7 Å². The van der Waals surface area contributed by atoms with Crippen LogP contribution in [0.4, 0.5) is 19.3 Å². The normalized spacial score (nSPS) is 11.6. The Bertz CT molecular complexity index is 486. The number of hydrogen-bond donors (Lipinski definition) is 2. The van der Waals surface area contributed by atoms with Crippen molar-refractivity contribution in [1.82, 2.24) is 5.32 Å². The predicted molar refractivity (Wildman–Crippen MR) is 72.8 cm³/mol. The minimum atomic E-state index is -2.95. The van der Waals surface area contributed by atoms with E-state index < -0.39 is 12.6 Å². The van der Waals surface area contributed by atoms with Gasteiger partial charge in [0.25, 0.3) is 0 Å². The first kappa shape index (κ1) is 15.8. The van der Waals surface area contributed by atoms with Gasteiger partial charge in [0, 0.05) is 12.5 Å². The summed E-state index contributed by atoms with van der Waals surface area (Å²) in [6.45, 7) is -1.07. The third-order valence-electron chi connectivity index (χ3n) is 2.54. The van der Waals surface area contributed by atoms with Gasteiger partial charge in [0.2, 0.25) is 0 Å². The lowest BCUT2D eigenvalue weighted by molar-refractivity contribution is -0.0493. The number of amides is 2. The first-order chi connectivity index (χ1) is 9.56. The number of alkyl halides is 2. The molecular formula is C14H16F2N2O2. The maximum Gasteiger partial charge on any atom is 0.387 e. The van der Waals surface area contributed by atoms with E-state index in [9.17, 15) is 13.6 Å². The quantitative estimate of drug-likeness (QED) is 0.787.